The highest BCUT2D eigenvalue weighted by Gasteiger charge is 2.07. The number of hydrogen-bond donors (Lipinski definition) is 1. The molecule has 0 aliphatic carbocycles. The second-order valence-electron chi connectivity index (χ2n) is 4.45. The number of rotatable bonds is 4. The second kappa shape index (κ2) is 6.13. The number of aromatic nitrogens is 1. The van der Waals surface area contributed by atoms with Crippen LogP contribution in [0.3, 0.4) is 0 Å². The summed E-state index contributed by atoms with van der Waals surface area (Å²) in [5.41, 5.74) is 2.99. The van der Waals surface area contributed by atoms with E-state index in [1.54, 1.807) is 14.2 Å². The Bertz CT molecular complexity index is 607. The van der Waals surface area contributed by atoms with Gasteiger partial charge in [-0.2, -0.15) is 0 Å². The highest BCUT2D eigenvalue weighted by molar-refractivity contribution is 9.10. The molecule has 0 unspecified atom stereocenters. The van der Waals surface area contributed by atoms with Gasteiger partial charge in [0.1, 0.15) is 17.3 Å². The SMILES string of the molecule is COc1cc(Nc2nc(C)c(C)cc2Br)cc(OC)c1. The molecule has 0 spiro atoms. The number of anilines is 2. The van der Waals surface area contributed by atoms with Crippen LogP contribution in [-0.4, -0.2) is 19.2 Å². The average molecular weight is 337 g/mol. The lowest BCUT2D eigenvalue weighted by Gasteiger charge is -2.12. The molecule has 0 fully saturated rings. The molecule has 20 heavy (non-hydrogen) atoms. The maximum atomic E-state index is 5.26. The Morgan fingerprint density at radius 1 is 1.00 bits per heavy atom. The van der Waals surface area contributed by atoms with Crippen LogP contribution >= 0.6 is 15.9 Å². The van der Waals surface area contributed by atoms with Crippen LogP contribution in [0.2, 0.25) is 0 Å². The fraction of sp³-hybridized carbons (Fsp3) is 0.267. The number of ether oxygens (including phenoxy) is 2. The third kappa shape index (κ3) is 3.22. The minimum absolute atomic E-state index is 0.729. The van der Waals surface area contributed by atoms with Crippen molar-refractivity contribution in [3.63, 3.8) is 0 Å². The molecular formula is C15H17BrN2O2. The van der Waals surface area contributed by atoms with E-state index >= 15 is 0 Å². The van der Waals surface area contributed by atoms with E-state index in [0.29, 0.717) is 0 Å². The Hall–Kier alpha value is -1.75. The van der Waals surface area contributed by atoms with E-state index in [2.05, 4.69) is 26.2 Å². The van der Waals surface area contributed by atoms with Gasteiger partial charge in [0.25, 0.3) is 0 Å². The van der Waals surface area contributed by atoms with Crippen LogP contribution in [0.15, 0.2) is 28.7 Å². The van der Waals surface area contributed by atoms with E-state index in [-0.39, 0.29) is 0 Å². The van der Waals surface area contributed by atoms with E-state index in [0.717, 1.165) is 38.7 Å². The minimum atomic E-state index is 0.729. The highest BCUT2D eigenvalue weighted by atomic mass is 79.9. The van der Waals surface area contributed by atoms with E-state index < -0.39 is 0 Å². The van der Waals surface area contributed by atoms with Crippen molar-refractivity contribution in [1.29, 1.82) is 0 Å². The predicted octanol–water partition coefficient (Wildman–Crippen LogP) is 4.22. The molecule has 1 aromatic carbocycles. The third-order valence-electron chi connectivity index (χ3n) is 3.03. The summed E-state index contributed by atoms with van der Waals surface area (Å²) in [6.07, 6.45) is 0. The smallest absolute Gasteiger partial charge is 0.145 e. The molecule has 0 aliphatic rings. The molecule has 1 N–H and O–H groups in total. The van der Waals surface area contributed by atoms with Crippen LogP contribution in [-0.2, 0) is 0 Å². The molecule has 0 aliphatic heterocycles. The molecular weight excluding hydrogens is 320 g/mol. The average Bonchev–Trinajstić information content (AvgIpc) is 2.44. The van der Waals surface area contributed by atoms with Gasteiger partial charge in [-0.25, -0.2) is 4.98 Å². The van der Waals surface area contributed by atoms with Gasteiger partial charge in [0, 0.05) is 29.6 Å². The first-order chi connectivity index (χ1) is 9.53. The monoisotopic (exact) mass is 336 g/mol. The van der Waals surface area contributed by atoms with Gasteiger partial charge in [-0.3, -0.25) is 0 Å². The first-order valence-corrected chi connectivity index (χ1v) is 6.96. The van der Waals surface area contributed by atoms with Crippen LogP contribution < -0.4 is 14.8 Å². The molecule has 5 heteroatoms. The predicted molar refractivity (Wildman–Crippen MR) is 84.2 cm³/mol. The van der Waals surface area contributed by atoms with Crippen molar-refractivity contribution in [2.24, 2.45) is 0 Å². The van der Waals surface area contributed by atoms with Gasteiger partial charge in [0.15, 0.2) is 0 Å². The molecule has 1 heterocycles. The summed E-state index contributed by atoms with van der Waals surface area (Å²) >= 11 is 3.52. The lowest BCUT2D eigenvalue weighted by atomic mass is 10.2. The van der Waals surface area contributed by atoms with Gasteiger partial charge < -0.3 is 14.8 Å². The maximum absolute atomic E-state index is 5.26. The van der Waals surface area contributed by atoms with Crippen LogP contribution in [0.1, 0.15) is 11.3 Å². The van der Waals surface area contributed by atoms with Gasteiger partial charge in [-0.05, 0) is 41.4 Å². The van der Waals surface area contributed by atoms with Crippen molar-refractivity contribution >= 4 is 27.4 Å². The number of aryl methyl sites for hydroxylation is 2. The lowest BCUT2D eigenvalue weighted by molar-refractivity contribution is 0.395. The van der Waals surface area contributed by atoms with Gasteiger partial charge >= 0.3 is 0 Å². The Morgan fingerprint density at radius 3 is 2.15 bits per heavy atom. The summed E-state index contributed by atoms with van der Waals surface area (Å²) in [6, 6.07) is 7.66. The standard InChI is InChI=1S/C15H17BrN2O2/c1-9-5-14(16)15(17-10(9)2)18-11-6-12(19-3)8-13(7-11)20-4/h5-8H,1-4H3,(H,17,18). The second-order valence-corrected chi connectivity index (χ2v) is 5.30. The summed E-state index contributed by atoms with van der Waals surface area (Å²) in [7, 11) is 3.26. The number of nitrogens with zero attached hydrogens (tertiary/aromatic N) is 1. The van der Waals surface area contributed by atoms with Crippen LogP contribution in [0, 0.1) is 13.8 Å². The normalized spacial score (nSPS) is 10.2. The topological polar surface area (TPSA) is 43.4 Å². The van der Waals surface area contributed by atoms with Crippen molar-refractivity contribution in [1.82, 2.24) is 4.98 Å². The molecule has 0 saturated carbocycles. The van der Waals surface area contributed by atoms with Gasteiger partial charge in [-0.1, -0.05) is 0 Å². The van der Waals surface area contributed by atoms with Crippen molar-refractivity contribution in [2.75, 3.05) is 19.5 Å². The molecule has 106 valence electrons. The van der Waals surface area contributed by atoms with Crippen LogP contribution in [0.4, 0.5) is 11.5 Å². The third-order valence-corrected chi connectivity index (χ3v) is 3.64. The van der Waals surface area contributed by atoms with Gasteiger partial charge in [0.05, 0.1) is 18.7 Å². The summed E-state index contributed by atoms with van der Waals surface area (Å²) < 4.78 is 11.4. The van der Waals surface area contributed by atoms with E-state index in [1.165, 1.54) is 0 Å². The number of benzene rings is 1. The molecule has 0 atom stereocenters. The summed E-state index contributed by atoms with van der Waals surface area (Å²) in [5.74, 6) is 2.22. The molecule has 2 rings (SSSR count). The molecule has 0 amide bonds. The van der Waals surface area contributed by atoms with Crippen molar-refractivity contribution in [3.8, 4) is 11.5 Å². The van der Waals surface area contributed by atoms with Crippen molar-refractivity contribution in [3.05, 3.63) is 40.0 Å². The zero-order valence-corrected chi connectivity index (χ0v) is 13.5. The Balaban J connectivity index is 2.36. The largest absolute Gasteiger partial charge is 0.497 e. The molecule has 4 nitrogen and oxygen atoms in total. The lowest BCUT2D eigenvalue weighted by Crippen LogP contribution is -1.99. The summed E-state index contributed by atoms with van der Waals surface area (Å²) in [6.45, 7) is 4.02. The van der Waals surface area contributed by atoms with E-state index in [1.807, 2.05) is 38.1 Å². The number of halogens is 1. The molecule has 2 aromatic rings. The fourth-order valence-corrected chi connectivity index (χ4v) is 2.31. The maximum Gasteiger partial charge on any atom is 0.145 e. The van der Waals surface area contributed by atoms with Gasteiger partial charge in [0.2, 0.25) is 0 Å². The zero-order chi connectivity index (χ0) is 14.7. The quantitative estimate of drug-likeness (QED) is 0.907. The number of hydrogen-bond acceptors (Lipinski definition) is 4. The Morgan fingerprint density at radius 2 is 1.60 bits per heavy atom. The fourth-order valence-electron chi connectivity index (χ4n) is 1.78. The zero-order valence-electron chi connectivity index (χ0n) is 12.0. The number of pyridine rings is 1. The first-order valence-electron chi connectivity index (χ1n) is 6.17. The molecule has 0 saturated heterocycles. The highest BCUT2D eigenvalue weighted by Crippen LogP contribution is 2.30. The molecule has 0 bridgehead atoms. The van der Waals surface area contributed by atoms with Crippen LogP contribution in [0.25, 0.3) is 0 Å². The summed E-state index contributed by atoms with van der Waals surface area (Å²) in [4.78, 5) is 4.54. The van der Waals surface area contributed by atoms with Crippen LogP contribution in [0.5, 0.6) is 11.5 Å². The summed E-state index contributed by atoms with van der Waals surface area (Å²) in [5, 5.41) is 3.27. The Labute approximate surface area is 127 Å². The van der Waals surface area contributed by atoms with E-state index in [4.69, 9.17) is 9.47 Å². The van der Waals surface area contributed by atoms with Crippen molar-refractivity contribution in [2.45, 2.75) is 13.8 Å². The van der Waals surface area contributed by atoms with Crippen molar-refractivity contribution < 1.29 is 9.47 Å². The van der Waals surface area contributed by atoms with E-state index in [9.17, 15) is 0 Å². The first kappa shape index (κ1) is 14.7. The minimum Gasteiger partial charge on any atom is -0.497 e. The number of nitrogens with one attached hydrogen (secondary N) is 1. The molecule has 0 radical (unpaired) electrons. The van der Waals surface area contributed by atoms with Gasteiger partial charge in [-0.15, -0.1) is 0 Å². The molecule has 1 aromatic heterocycles. The Kier molecular flexibility index (Phi) is 4.49. The number of methoxy groups -OCH3 is 2.